The molecular formula is C21H23N3OS. The minimum atomic E-state index is -0.0990. The summed E-state index contributed by atoms with van der Waals surface area (Å²) in [5.74, 6) is 0. The Morgan fingerprint density at radius 1 is 1.04 bits per heavy atom. The van der Waals surface area contributed by atoms with Crippen LogP contribution in [0.2, 0.25) is 0 Å². The van der Waals surface area contributed by atoms with Crippen molar-refractivity contribution in [2.45, 2.75) is 25.4 Å². The third-order valence-corrected chi connectivity index (χ3v) is 5.87. The first-order chi connectivity index (χ1) is 12.8. The number of carbonyl (C=O) groups is 1. The average Bonchev–Trinajstić information content (AvgIpc) is 3.06. The zero-order valence-corrected chi connectivity index (χ0v) is 15.5. The lowest BCUT2D eigenvalue weighted by Crippen LogP contribution is -2.45. The number of rotatable bonds is 4. The fourth-order valence-electron chi connectivity index (χ4n) is 3.45. The van der Waals surface area contributed by atoms with Crippen LogP contribution in [0.5, 0.6) is 0 Å². The molecule has 3 aromatic rings. The highest BCUT2D eigenvalue weighted by atomic mass is 32.1. The van der Waals surface area contributed by atoms with E-state index >= 15 is 0 Å². The minimum Gasteiger partial charge on any atom is -0.335 e. The van der Waals surface area contributed by atoms with Gasteiger partial charge in [0.25, 0.3) is 0 Å². The maximum atomic E-state index is 12.3. The van der Waals surface area contributed by atoms with E-state index in [9.17, 15) is 4.79 Å². The SMILES string of the molecule is O=C(Nc1cc2ccccc2s1)NC1CCN(Cc2ccccc2)CC1. The Morgan fingerprint density at radius 2 is 1.77 bits per heavy atom. The number of likely N-dealkylation sites (tertiary alicyclic amines) is 1. The largest absolute Gasteiger partial charge is 0.335 e. The van der Waals surface area contributed by atoms with Gasteiger partial charge in [0.05, 0.1) is 5.00 Å². The Morgan fingerprint density at radius 3 is 2.54 bits per heavy atom. The van der Waals surface area contributed by atoms with Gasteiger partial charge in [-0.15, -0.1) is 11.3 Å². The predicted octanol–water partition coefficient (Wildman–Crippen LogP) is 4.69. The summed E-state index contributed by atoms with van der Waals surface area (Å²) < 4.78 is 1.19. The summed E-state index contributed by atoms with van der Waals surface area (Å²) >= 11 is 1.61. The molecule has 0 unspecified atom stereocenters. The molecule has 2 heterocycles. The third-order valence-electron chi connectivity index (χ3n) is 4.83. The van der Waals surface area contributed by atoms with E-state index in [1.54, 1.807) is 11.3 Å². The molecule has 1 aliphatic rings. The Bertz CT molecular complexity index is 836. The minimum absolute atomic E-state index is 0.0990. The van der Waals surface area contributed by atoms with Crippen LogP contribution in [0.25, 0.3) is 10.1 Å². The van der Waals surface area contributed by atoms with Gasteiger partial charge in [0.1, 0.15) is 0 Å². The number of carbonyl (C=O) groups excluding carboxylic acids is 1. The van der Waals surface area contributed by atoms with Gasteiger partial charge in [0.15, 0.2) is 0 Å². The summed E-state index contributed by atoms with van der Waals surface area (Å²) in [5, 5.41) is 8.17. The lowest BCUT2D eigenvalue weighted by molar-refractivity contribution is 0.190. The molecule has 0 radical (unpaired) electrons. The van der Waals surface area contributed by atoms with E-state index in [0.29, 0.717) is 0 Å². The van der Waals surface area contributed by atoms with Gasteiger partial charge < -0.3 is 5.32 Å². The standard InChI is InChI=1S/C21H23N3OS/c25-21(23-20-14-17-8-4-5-9-19(17)26-20)22-18-10-12-24(13-11-18)15-16-6-2-1-3-7-16/h1-9,14,18H,10-13,15H2,(H2,22,23,25). The Balaban J connectivity index is 1.25. The molecule has 2 amide bonds. The number of piperidine rings is 1. The summed E-state index contributed by atoms with van der Waals surface area (Å²) in [6.45, 7) is 3.02. The van der Waals surface area contributed by atoms with Gasteiger partial charge in [0, 0.05) is 30.4 Å². The maximum Gasteiger partial charge on any atom is 0.320 e. The predicted molar refractivity (Wildman–Crippen MR) is 109 cm³/mol. The second-order valence-corrected chi connectivity index (χ2v) is 7.87. The van der Waals surface area contributed by atoms with Crippen LogP contribution in [0.3, 0.4) is 0 Å². The maximum absolute atomic E-state index is 12.3. The smallest absolute Gasteiger partial charge is 0.320 e. The van der Waals surface area contributed by atoms with Gasteiger partial charge >= 0.3 is 6.03 Å². The van der Waals surface area contributed by atoms with Gasteiger partial charge in [-0.3, -0.25) is 10.2 Å². The van der Waals surface area contributed by atoms with E-state index in [1.807, 2.05) is 18.2 Å². The Kier molecular flexibility index (Phi) is 5.18. The Labute approximate surface area is 157 Å². The summed E-state index contributed by atoms with van der Waals surface area (Å²) in [4.78, 5) is 14.8. The van der Waals surface area contributed by atoms with Crippen molar-refractivity contribution in [3.8, 4) is 0 Å². The molecule has 5 heteroatoms. The van der Waals surface area contributed by atoms with Crippen LogP contribution < -0.4 is 10.6 Å². The molecular weight excluding hydrogens is 342 g/mol. The van der Waals surface area contributed by atoms with Crippen molar-refractivity contribution in [1.29, 1.82) is 0 Å². The highest BCUT2D eigenvalue weighted by Crippen LogP contribution is 2.29. The van der Waals surface area contributed by atoms with Crippen LogP contribution in [0.4, 0.5) is 9.80 Å². The molecule has 0 bridgehead atoms. The molecule has 0 spiro atoms. The van der Waals surface area contributed by atoms with Gasteiger partial charge in [-0.25, -0.2) is 4.79 Å². The quantitative estimate of drug-likeness (QED) is 0.705. The van der Waals surface area contributed by atoms with Crippen LogP contribution in [0, 0.1) is 0 Å². The third kappa shape index (κ3) is 4.23. The highest BCUT2D eigenvalue weighted by Gasteiger charge is 2.20. The number of nitrogens with zero attached hydrogens (tertiary/aromatic N) is 1. The fraction of sp³-hybridized carbons (Fsp3) is 0.286. The van der Waals surface area contributed by atoms with E-state index in [2.05, 4.69) is 58.0 Å². The number of hydrogen-bond acceptors (Lipinski definition) is 3. The van der Waals surface area contributed by atoms with Crippen LogP contribution in [0.15, 0.2) is 60.7 Å². The number of urea groups is 1. The van der Waals surface area contributed by atoms with Gasteiger partial charge in [-0.1, -0.05) is 48.5 Å². The normalized spacial score (nSPS) is 15.8. The van der Waals surface area contributed by atoms with Crippen molar-refractivity contribution < 1.29 is 4.79 Å². The van der Waals surface area contributed by atoms with E-state index in [4.69, 9.17) is 0 Å². The van der Waals surface area contributed by atoms with E-state index < -0.39 is 0 Å². The van der Waals surface area contributed by atoms with Gasteiger partial charge in [-0.2, -0.15) is 0 Å². The molecule has 2 aromatic carbocycles. The molecule has 1 fully saturated rings. The first kappa shape index (κ1) is 17.1. The van der Waals surface area contributed by atoms with E-state index in [-0.39, 0.29) is 12.1 Å². The first-order valence-corrected chi connectivity index (χ1v) is 9.90. The number of fused-ring (bicyclic) bond motifs is 1. The number of amides is 2. The molecule has 134 valence electrons. The number of nitrogens with one attached hydrogen (secondary N) is 2. The van der Waals surface area contributed by atoms with Crippen LogP contribution >= 0.6 is 11.3 Å². The molecule has 0 atom stereocenters. The van der Waals surface area contributed by atoms with Crippen LogP contribution in [-0.4, -0.2) is 30.1 Å². The molecule has 1 aromatic heterocycles. The van der Waals surface area contributed by atoms with E-state index in [0.717, 1.165) is 37.5 Å². The lowest BCUT2D eigenvalue weighted by atomic mass is 10.0. The zero-order chi connectivity index (χ0) is 17.8. The number of hydrogen-bond donors (Lipinski definition) is 2. The summed E-state index contributed by atoms with van der Waals surface area (Å²) in [7, 11) is 0. The second kappa shape index (κ2) is 7.89. The Hall–Kier alpha value is -2.37. The molecule has 0 saturated carbocycles. The fourth-order valence-corrected chi connectivity index (χ4v) is 4.41. The average molecular weight is 366 g/mol. The van der Waals surface area contributed by atoms with E-state index in [1.165, 1.54) is 15.6 Å². The van der Waals surface area contributed by atoms with Crippen LogP contribution in [0.1, 0.15) is 18.4 Å². The molecule has 26 heavy (non-hydrogen) atoms. The van der Waals surface area contributed by atoms with Crippen molar-refractivity contribution >= 4 is 32.5 Å². The van der Waals surface area contributed by atoms with Gasteiger partial charge in [-0.05, 0) is 35.9 Å². The number of thiophene rings is 1. The molecule has 2 N–H and O–H groups in total. The second-order valence-electron chi connectivity index (χ2n) is 6.78. The molecule has 1 aliphatic heterocycles. The monoisotopic (exact) mass is 365 g/mol. The number of anilines is 1. The summed E-state index contributed by atoms with van der Waals surface area (Å²) in [6, 6.07) is 20.9. The van der Waals surface area contributed by atoms with Gasteiger partial charge in [0.2, 0.25) is 0 Å². The molecule has 0 aliphatic carbocycles. The van der Waals surface area contributed by atoms with Crippen molar-refractivity contribution in [3.63, 3.8) is 0 Å². The van der Waals surface area contributed by atoms with Crippen LogP contribution in [-0.2, 0) is 6.54 Å². The van der Waals surface area contributed by atoms with Crippen molar-refractivity contribution in [3.05, 3.63) is 66.2 Å². The lowest BCUT2D eigenvalue weighted by Gasteiger charge is -2.32. The van der Waals surface area contributed by atoms with Crippen molar-refractivity contribution in [2.24, 2.45) is 0 Å². The summed E-state index contributed by atoms with van der Waals surface area (Å²) in [5.41, 5.74) is 1.35. The summed E-state index contributed by atoms with van der Waals surface area (Å²) in [6.07, 6.45) is 1.99. The molecule has 4 nitrogen and oxygen atoms in total. The van der Waals surface area contributed by atoms with Crippen molar-refractivity contribution in [2.75, 3.05) is 18.4 Å². The molecule has 4 rings (SSSR count). The highest BCUT2D eigenvalue weighted by molar-refractivity contribution is 7.22. The molecule has 1 saturated heterocycles. The first-order valence-electron chi connectivity index (χ1n) is 9.09. The zero-order valence-electron chi connectivity index (χ0n) is 14.7. The number of benzene rings is 2. The topological polar surface area (TPSA) is 44.4 Å². The van der Waals surface area contributed by atoms with Crippen molar-refractivity contribution in [1.82, 2.24) is 10.2 Å².